The molecule has 0 aromatic rings. The number of hydrogen-bond donors (Lipinski definition) is 3. The van der Waals surface area contributed by atoms with Crippen molar-refractivity contribution < 1.29 is 14.6 Å². The SMILES string of the molecule is CC(C)[C@H](N)C(=O)NCCOCCO. The molecule has 84 valence electrons. The van der Waals surface area contributed by atoms with Gasteiger partial charge >= 0.3 is 0 Å². The van der Waals surface area contributed by atoms with E-state index in [1.165, 1.54) is 0 Å². The van der Waals surface area contributed by atoms with Crippen molar-refractivity contribution in [3.63, 3.8) is 0 Å². The molecule has 0 radical (unpaired) electrons. The zero-order valence-corrected chi connectivity index (χ0v) is 8.82. The predicted octanol–water partition coefficient (Wildman–Crippen LogP) is -0.905. The van der Waals surface area contributed by atoms with Crippen molar-refractivity contribution in [3.05, 3.63) is 0 Å². The molecule has 0 rings (SSSR count). The van der Waals surface area contributed by atoms with E-state index in [2.05, 4.69) is 5.32 Å². The standard InChI is InChI=1S/C9H20N2O3/c1-7(2)8(10)9(13)11-3-5-14-6-4-12/h7-8,12H,3-6,10H2,1-2H3,(H,11,13)/t8-/m0/s1. The first-order valence-corrected chi connectivity index (χ1v) is 4.81. The third-order valence-corrected chi connectivity index (χ3v) is 1.80. The second-order valence-electron chi connectivity index (χ2n) is 3.40. The zero-order valence-electron chi connectivity index (χ0n) is 8.82. The zero-order chi connectivity index (χ0) is 11.0. The highest BCUT2D eigenvalue weighted by atomic mass is 16.5. The van der Waals surface area contributed by atoms with Crippen LogP contribution in [0.4, 0.5) is 0 Å². The van der Waals surface area contributed by atoms with Crippen molar-refractivity contribution in [2.75, 3.05) is 26.4 Å². The molecule has 0 saturated heterocycles. The maximum atomic E-state index is 11.3. The van der Waals surface area contributed by atoms with E-state index >= 15 is 0 Å². The highest BCUT2D eigenvalue weighted by Gasteiger charge is 2.15. The van der Waals surface area contributed by atoms with Gasteiger partial charge in [-0.15, -0.1) is 0 Å². The molecule has 5 nitrogen and oxygen atoms in total. The van der Waals surface area contributed by atoms with Crippen LogP contribution in [0.25, 0.3) is 0 Å². The molecule has 5 heteroatoms. The molecular formula is C9H20N2O3. The normalized spacial score (nSPS) is 12.9. The highest BCUT2D eigenvalue weighted by Crippen LogP contribution is 1.97. The van der Waals surface area contributed by atoms with Gasteiger partial charge < -0.3 is 20.9 Å². The topological polar surface area (TPSA) is 84.6 Å². The van der Waals surface area contributed by atoms with Crippen LogP contribution in [0.1, 0.15) is 13.8 Å². The van der Waals surface area contributed by atoms with E-state index in [0.29, 0.717) is 19.8 Å². The van der Waals surface area contributed by atoms with Crippen molar-refractivity contribution in [1.82, 2.24) is 5.32 Å². The average molecular weight is 204 g/mol. The second-order valence-corrected chi connectivity index (χ2v) is 3.40. The Morgan fingerprint density at radius 2 is 2.14 bits per heavy atom. The predicted molar refractivity (Wildman–Crippen MR) is 53.7 cm³/mol. The van der Waals surface area contributed by atoms with Gasteiger partial charge in [0, 0.05) is 6.54 Å². The van der Waals surface area contributed by atoms with E-state index < -0.39 is 6.04 Å². The maximum Gasteiger partial charge on any atom is 0.237 e. The Morgan fingerprint density at radius 3 is 2.64 bits per heavy atom. The molecule has 1 atom stereocenters. The van der Waals surface area contributed by atoms with E-state index in [9.17, 15) is 4.79 Å². The number of aliphatic hydroxyl groups is 1. The second kappa shape index (κ2) is 7.73. The molecule has 14 heavy (non-hydrogen) atoms. The lowest BCUT2D eigenvalue weighted by Gasteiger charge is -2.15. The lowest BCUT2D eigenvalue weighted by molar-refractivity contribution is -0.123. The summed E-state index contributed by atoms with van der Waals surface area (Å²) in [4.78, 5) is 11.3. The van der Waals surface area contributed by atoms with Gasteiger partial charge in [0.25, 0.3) is 0 Å². The quantitative estimate of drug-likeness (QED) is 0.469. The Bertz CT molecular complexity index is 162. The molecule has 0 aromatic carbocycles. The van der Waals surface area contributed by atoms with E-state index in [1.807, 2.05) is 13.8 Å². The van der Waals surface area contributed by atoms with E-state index in [0.717, 1.165) is 0 Å². The minimum atomic E-state index is -0.465. The van der Waals surface area contributed by atoms with Gasteiger partial charge in [-0.2, -0.15) is 0 Å². The summed E-state index contributed by atoms with van der Waals surface area (Å²) in [7, 11) is 0. The number of hydrogen-bond acceptors (Lipinski definition) is 4. The fourth-order valence-electron chi connectivity index (χ4n) is 0.834. The molecule has 0 fully saturated rings. The molecular weight excluding hydrogens is 184 g/mol. The summed E-state index contributed by atoms with van der Waals surface area (Å²) in [6, 6.07) is -0.465. The first-order chi connectivity index (χ1) is 6.59. The molecule has 0 spiro atoms. The van der Waals surface area contributed by atoms with Crippen LogP contribution in [0.2, 0.25) is 0 Å². The number of nitrogens with one attached hydrogen (secondary N) is 1. The van der Waals surface area contributed by atoms with Crippen LogP contribution in [0.15, 0.2) is 0 Å². The van der Waals surface area contributed by atoms with Crippen LogP contribution in [0.3, 0.4) is 0 Å². The number of carbonyl (C=O) groups is 1. The van der Waals surface area contributed by atoms with Gasteiger partial charge in [-0.1, -0.05) is 13.8 Å². The Hall–Kier alpha value is -0.650. The molecule has 0 saturated carbocycles. The van der Waals surface area contributed by atoms with E-state index in [1.54, 1.807) is 0 Å². The summed E-state index contributed by atoms with van der Waals surface area (Å²) in [5, 5.41) is 11.1. The van der Waals surface area contributed by atoms with Gasteiger partial charge in [-0.25, -0.2) is 0 Å². The monoisotopic (exact) mass is 204 g/mol. The molecule has 4 N–H and O–H groups in total. The Labute approximate surface area is 84.6 Å². The maximum absolute atomic E-state index is 11.3. The van der Waals surface area contributed by atoms with Gasteiger partial charge in [0.2, 0.25) is 5.91 Å². The third-order valence-electron chi connectivity index (χ3n) is 1.80. The molecule has 0 heterocycles. The summed E-state index contributed by atoms with van der Waals surface area (Å²) in [6.45, 7) is 4.92. The van der Waals surface area contributed by atoms with Crippen molar-refractivity contribution in [2.24, 2.45) is 11.7 Å². The molecule has 0 bridgehead atoms. The van der Waals surface area contributed by atoms with E-state index in [-0.39, 0.29) is 18.4 Å². The van der Waals surface area contributed by atoms with Gasteiger partial charge in [0.05, 0.1) is 25.9 Å². The molecule has 0 aliphatic carbocycles. The average Bonchev–Trinajstić information content (AvgIpc) is 2.16. The summed E-state index contributed by atoms with van der Waals surface area (Å²) in [5.41, 5.74) is 5.61. The van der Waals surface area contributed by atoms with Crippen LogP contribution < -0.4 is 11.1 Å². The fraction of sp³-hybridized carbons (Fsp3) is 0.889. The largest absolute Gasteiger partial charge is 0.394 e. The summed E-state index contributed by atoms with van der Waals surface area (Å²) in [6.07, 6.45) is 0. The smallest absolute Gasteiger partial charge is 0.237 e. The minimum absolute atomic E-state index is 0.000541. The fourth-order valence-corrected chi connectivity index (χ4v) is 0.834. The molecule has 0 aliphatic heterocycles. The molecule has 0 aliphatic rings. The molecule has 0 aromatic heterocycles. The number of ether oxygens (including phenoxy) is 1. The van der Waals surface area contributed by atoms with Gasteiger partial charge in [-0.3, -0.25) is 4.79 Å². The first-order valence-electron chi connectivity index (χ1n) is 4.81. The summed E-state index contributed by atoms with van der Waals surface area (Å²) in [5.74, 6) is -0.0269. The number of amides is 1. The van der Waals surface area contributed by atoms with Crippen LogP contribution >= 0.6 is 0 Å². The van der Waals surface area contributed by atoms with Crippen molar-refractivity contribution in [3.8, 4) is 0 Å². The summed E-state index contributed by atoms with van der Waals surface area (Å²) >= 11 is 0. The first kappa shape index (κ1) is 13.4. The lowest BCUT2D eigenvalue weighted by Crippen LogP contribution is -2.44. The summed E-state index contributed by atoms with van der Waals surface area (Å²) < 4.78 is 4.97. The van der Waals surface area contributed by atoms with E-state index in [4.69, 9.17) is 15.6 Å². The number of carbonyl (C=O) groups excluding carboxylic acids is 1. The van der Waals surface area contributed by atoms with Gasteiger partial charge in [0.15, 0.2) is 0 Å². The number of aliphatic hydroxyl groups excluding tert-OH is 1. The van der Waals surface area contributed by atoms with Crippen LogP contribution in [0.5, 0.6) is 0 Å². The van der Waals surface area contributed by atoms with Crippen LogP contribution in [-0.2, 0) is 9.53 Å². The highest BCUT2D eigenvalue weighted by molar-refractivity contribution is 5.81. The molecule has 0 unspecified atom stereocenters. The van der Waals surface area contributed by atoms with Crippen molar-refractivity contribution >= 4 is 5.91 Å². The lowest BCUT2D eigenvalue weighted by atomic mass is 10.1. The minimum Gasteiger partial charge on any atom is -0.394 e. The Morgan fingerprint density at radius 1 is 1.50 bits per heavy atom. The van der Waals surface area contributed by atoms with Crippen molar-refractivity contribution in [1.29, 1.82) is 0 Å². The van der Waals surface area contributed by atoms with Crippen molar-refractivity contribution in [2.45, 2.75) is 19.9 Å². The van der Waals surface area contributed by atoms with Crippen LogP contribution in [0, 0.1) is 5.92 Å². The Balaban J connectivity index is 3.44. The molecule has 1 amide bonds. The third kappa shape index (κ3) is 5.90. The number of rotatable bonds is 7. The van der Waals surface area contributed by atoms with Gasteiger partial charge in [0.1, 0.15) is 0 Å². The van der Waals surface area contributed by atoms with Gasteiger partial charge in [-0.05, 0) is 5.92 Å². The Kier molecular flexibility index (Phi) is 7.37. The number of nitrogens with two attached hydrogens (primary N) is 1. The van der Waals surface area contributed by atoms with Crippen LogP contribution in [-0.4, -0.2) is 43.4 Å².